The van der Waals surface area contributed by atoms with Gasteiger partial charge in [-0.3, -0.25) is 10.1 Å². The van der Waals surface area contributed by atoms with Crippen molar-refractivity contribution in [3.8, 4) is 5.75 Å². The lowest BCUT2D eigenvalue weighted by Crippen LogP contribution is -2.11. The number of nitro benzene ring substituents is 1. The van der Waals surface area contributed by atoms with E-state index in [0.29, 0.717) is 6.07 Å². The average Bonchev–Trinajstić information content (AvgIpc) is 2.37. The third-order valence-corrected chi connectivity index (χ3v) is 4.20. The first-order valence-corrected chi connectivity index (χ1v) is 7.33. The number of nitrogens with zero attached hydrogens (tertiary/aromatic N) is 1. The van der Waals surface area contributed by atoms with Crippen LogP contribution in [0.2, 0.25) is 5.02 Å². The maximum Gasteiger partial charge on any atom is 0.340 e. The molecule has 0 aromatic heterocycles. The van der Waals surface area contributed by atoms with E-state index < -0.39 is 48.0 Å². The minimum Gasteiger partial charge on any atom is -0.371 e. The third kappa shape index (κ3) is 3.31. The highest BCUT2D eigenvalue weighted by molar-refractivity contribution is 7.87. The van der Waals surface area contributed by atoms with Crippen molar-refractivity contribution in [3.63, 3.8) is 0 Å². The lowest BCUT2D eigenvalue weighted by Gasteiger charge is -2.08. The van der Waals surface area contributed by atoms with Crippen LogP contribution >= 0.6 is 11.6 Å². The van der Waals surface area contributed by atoms with Gasteiger partial charge in [-0.1, -0.05) is 11.6 Å². The standard InChI is InChI=1S/C12H6ClF2NO5S/c13-9-5-7(14)2-4-12(9)22(19,20)21-11-6-8(15)1-3-10(11)16(17)18/h1-6H. The van der Waals surface area contributed by atoms with Gasteiger partial charge in [0, 0.05) is 12.1 Å². The first kappa shape index (κ1) is 16.1. The van der Waals surface area contributed by atoms with Crippen molar-refractivity contribution >= 4 is 27.4 Å². The quantitative estimate of drug-likeness (QED) is 0.480. The molecule has 0 aliphatic rings. The van der Waals surface area contributed by atoms with Crippen LogP contribution in [0.1, 0.15) is 0 Å². The molecule has 6 nitrogen and oxygen atoms in total. The van der Waals surface area contributed by atoms with Crippen LogP contribution in [0.15, 0.2) is 41.3 Å². The Bertz CT molecular complexity index is 857. The third-order valence-electron chi connectivity index (χ3n) is 2.48. The normalized spacial score (nSPS) is 11.2. The van der Waals surface area contributed by atoms with Gasteiger partial charge >= 0.3 is 15.8 Å². The van der Waals surface area contributed by atoms with Gasteiger partial charge in [-0.25, -0.2) is 8.78 Å². The highest BCUT2D eigenvalue weighted by Crippen LogP contribution is 2.32. The SMILES string of the molecule is O=[N+]([O-])c1ccc(F)cc1OS(=O)(=O)c1ccc(F)cc1Cl. The molecule has 0 fully saturated rings. The highest BCUT2D eigenvalue weighted by Gasteiger charge is 2.26. The lowest BCUT2D eigenvalue weighted by molar-refractivity contribution is -0.385. The van der Waals surface area contributed by atoms with Crippen molar-refractivity contribution in [1.29, 1.82) is 0 Å². The number of benzene rings is 2. The molecule has 0 saturated heterocycles. The molecule has 0 saturated carbocycles. The molecule has 0 amide bonds. The summed E-state index contributed by atoms with van der Waals surface area (Å²) in [6.45, 7) is 0. The molecule has 116 valence electrons. The van der Waals surface area contributed by atoms with Crippen molar-refractivity contribution in [3.05, 3.63) is 63.2 Å². The van der Waals surface area contributed by atoms with Crippen LogP contribution < -0.4 is 4.18 Å². The van der Waals surface area contributed by atoms with E-state index in [0.717, 1.165) is 30.3 Å². The van der Waals surface area contributed by atoms with Gasteiger partial charge in [-0.05, 0) is 24.3 Å². The predicted octanol–water partition coefficient (Wildman–Crippen LogP) is 3.29. The molecular weight excluding hydrogens is 344 g/mol. The number of nitro groups is 1. The molecule has 2 aromatic carbocycles. The molecule has 2 aromatic rings. The topological polar surface area (TPSA) is 86.5 Å². The minimum atomic E-state index is -4.60. The van der Waals surface area contributed by atoms with Gasteiger partial charge in [0.1, 0.15) is 16.5 Å². The fourth-order valence-electron chi connectivity index (χ4n) is 1.55. The van der Waals surface area contributed by atoms with Gasteiger partial charge < -0.3 is 4.18 Å². The van der Waals surface area contributed by atoms with E-state index in [1.165, 1.54) is 0 Å². The van der Waals surface area contributed by atoms with Crippen molar-refractivity contribution in [2.24, 2.45) is 0 Å². The summed E-state index contributed by atoms with van der Waals surface area (Å²) in [4.78, 5) is 9.26. The first-order chi connectivity index (χ1) is 10.2. The van der Waals surface area contributed by atoms with Crippen LogP contribution in [-0.2, 0) is 10.1 Å². The van der Waals surface area contributed by atoms with Crippen LogP contribution in [0.4, 0.5) is 14.5 Å². The Morgan fingerprint density at radius 1 is 1.09 bits per heavy atom. The minimum absolute atomic E-state index is 0.473. The van der Waals surface area contributed by atoms with Gasteiger partial charge in [-0.15, -0.1) is 0 Å². The molecule has 0 unspecified atom stereocenters. The largest absolute Gasteiger partial charge is 0.371 e. The number of rotatable bonds is 4. The molecule has 0 atom stereocenters. The molecule has 2 rings (SSSR count). The molecule has 0 aliphatic heterocycles. The summed E-state index contributed by atoms with van der Waals surface area (Å²) in [5.41, 5.74) is -0.747. The summed E-state index contributed by atoms with van der Waals surface area (Å²) in [7, 11) is -4.60. The Hall–Kier alpha value is -2.26. The van der Waals surface area contributed by atoms with Crippen LogP contribution in [0.25, 0.3) is 0 Å². The molecule has 0 bridgehead atoms. The Labute approximate surface area is 128 Å². The van der Waals surface area contributed by atoms with E-state index in [1.807, 2.05) is 0 Å². The van der Waals surface area contributed by atoms with E-state index in [9.17, 15) is 27.3 Å². The van der Waals surface area contributed by atoms with Crippen molar-refractivity contribution < 1.29 is 26.3 Å². The van der Waals surface area contributed by atoms with Gasteiger partial charge in [-0.2, -0.15) is 8.42 Å². The Kier molecular flexibility index (Phi) is 4.29. The maximum absolute atomic E-state index is 13.1. The average molecular weight is 350 g/mol. The van der Waals surface area contributed by atoms with E-state index in [-0.39, 0.29) is 0 Å². The highest BCUT2D eigenvalue weighted by atomic mass is 35.5. The summed E-state index contributed by atoms with van der Waals surface area (Å²) < 4.78 is 54.7. The van der Waals surface area contributed by atoms with E-state index in [2.05, 4.69) is 4.18 Å². The fraction of sp³-hybridized carbons (Fsp3) is 0. The van der Waals surface area contributed by atoms with Gasteiger partial charge in [0.15, 0.2) is 0 Å². The molecule has 0 spiro atoms. The van der Waals surface area contributed by atoms with Gasteiger partial charge in [0.2, 0.25) is 5.75 Å². The van der Waals surface area contributed by atoms with Crippen molar-refractivity contribution in [2.45, 2.75) is 4.90 Å². The lowest BCUT2D eigenvalue weighted by atomic mass is 10.3. The van der Waals surface area contributed by atoms with E-state index >= 15 is 0 Å². The monoisotopic (exact) mass is 349 g/mol. The summed E-state index contributed by atoms with van der Waals surface area (Å²) in [6.07, 6.45) is 0. The summed E-state index contributed by atoms with van der Waals surface area (Å²) in [5.74, 6) is -2.52. The smallest absolute Gasteiger partial charge is 0.340 e. The molecular formula is C12H6ClF2NO5S. The van der Waals surface area contributed by atoms with E-state index in [4.69, 9.17) is 11.6 Å². The van der Waals surface area contributed by atoms with E-state index in [1.54, 1.807) is 0 Å². The molecule has 10 heteroatoms. The maximum atomic E-state index is 13.1. The Morgan fingerprint density at radius 2 is 1.68 bits per heavy atom. The number of hydrogen-bond donors (Lipinski definition) is 0. The van der Waals surface area contributed by atoms with Crippen LogP contribution in [0.3, 0.4) is 0 Å². The summed E-state index contributed by atoms with van der Waals surface area (Å²) in [5, 5.41) is 10.3. The zero-order chi connectivity index (χ0) is 16.5. The number of hydrogen-bond acceptors (Lipinski definition) is 5. The van der Waals surface area contributed by atoms with Gasteiger partial charge in [0.25, 0.3) is 0 Å². The fourth-order valence-corrected chi connectivity index (χ4v) is 2.99. The molecule has 0 radical (unpaired) electrons. The zero-order valence-corrected chi connectivity index (χ0v) is 12.1. The van der Waals surface area contributed by atoms with Crippen LogP contribution in [0, 0.1) is 21.7 Å². The van der Waals surface area contributed by atoms with Crippen LogP contribution in [-0.4, -0.2) is 13.3 Å². The summed E-state index contributed by atoms with van der Waals surface area (Å²) in [6, 6.07) is 4.47. The second-order valence-electron chi connectivity index (χ2n) is 3.98. The van der Waals surface area contributed by atoms with Gasteiger partial charge in [0.05, 0.1) is 9.95 Å². The van der Waals surface area contributed by atoms with Crippen molar-refractivity contribution in [2.75, 3.05) is 0 Å². The Balaban J connectivity index is 2.49. The molecule has 0 N–H and O–H groups in total. The second kappa shape index (κ2) is 5.85. The van der Waals surface area contributed by atoms with Crippen molar-refractivity contribution in [1.82, 2.24) is 0 Å². The first-order valence-electron chi connectivity index (χ1n) is 5.54. The zero-order valence-electron chi connectivity index (χ0n) is 10.5. The molecule has 0 heterocycles. The Morgan fingerprint density at radius 3 is 2.27 bits per heavy atom. The molecule has 22 heavy (non-hydrogen) atoms. The predicted molar refractivity (Wildman–Crippen MR) is 72.3 cm³/mol. The molecule has 0 aliphatic carbocycles. The van der Waals surface area contributed by atoms with Crippen LogP contribution in [0.5, 0.6) is 5.75 Å². The summed E-state index contributed by atoms with van der Waals surface area (Å²) >= 11 is 5.61. The number of halogens is 3. The second-order valence-corrected chi connectivity index (χ2v) is 5.90.